The van der Waals surface area contributed by atoms with Gasteiger partial charge in [-0.15, -0.1) is 0 Å². The van der Waals surface area contributed by atoms with Crippen molar-refractivity contribution in [2.75, 3.05) is 16.8 Å². The standard InChI is InChI=1S/C19H18FN3O/c1-3-23(18-6-4-5-14(2)11-18)13-15(12-21)19(24)22-17-9-7-16(20)8-10-17/h4-11,13H,3H2,1-2H3,(H,22,24)/b15-13-. The van der Waals surface area contributed by atoms with Gasteiger partial charge < -0.3 is 10.2 Å². The average Bonchev–Trinajstić information content (AvgIpc) is 2.58. The predicted molar refractivity (Wildman–Crippen MR) is 92.9 cm³/mol. The van der Waals surface area contributed by atoms with E-state index in [0.29, 0.717) is 12.2 Å². The minimum Gasteiger partial charge on any atom is -0.347 e. The summed E-state index contributed by atoms with van der Waals surface area (Å²) < 4.78 is 12.9. The highest BCUT2D eigenvalue weighted by Gasteiger charge is 2.12. The van der Waals surface area contributed by atoms with Gasteiger partial charge in [-0.3, -0.25) is 4.79 Å². The number of hydrogen-bond acceptors (Lipinski definition) is 3. The number of benzene rings is 2. The smallest absolute Gasteiger partial charge is 0.267 e. The summed E-state index contributed by atoms with van der Waals surface area (Å²) in [6.45, 7) is 4.53. The van der Waals surface area contributed by atoms with Gasteiger partial charge >= 0.3 is 0 Å². The van der Waals surface area contributed by atoms with E-state index in [1.54, 1.807) is 0 Å². The van der Waals surface area contributed by atoms with Crippen molar-refractivity contribution in [1.82, 2.24) is 0 Å². The lowest BCUT2D eigenvalue weighted by molar-refractivity contribution is -0.112. The second kappa shape index (κ2) is 7.93. The molecule has 0 aromatic heterocycles. The molecule has 2 aromatic carbocycles. The largest absolute Gasteiger partial charge is 0.347 e. The number of carbonyl (C=O) groups is 1. The molecule has 0 saturated carbocycles. The van der Waals surface area contributed by atoms with Gasteiger partial charge in [-0.05, 0) is 55.8 Å². The molecule has 0 saturated heterocycles. The molecule has 0 spiro atoms. The van der Waals surface area contributed by atoms with Crippen molar-refractivity contribution in [1.29, 1.82) is 5.26 Å². The molecule has 24 heavy (non-hydrogen) atoms. The van der Waals surface area contributed by atoms with Crippen molar-refractivity contribution in [3.63, 3.8) is 0 Å². The number of rotatable bonds is 5. The Morgan fingerprint density at radius 1 is 1.29 bits per heavy atom. The summed E-state index contributed by atoms with van der Waals surface area (Å²) >= 11 is 0. The molecule has 0 aliphatic heterocycles. The maximum absolute atomic E-state index is 12.9. The lowest BCUT2D eigenvalue weighted by Crippen LogP contribution is -2.20. The van der Waals surface area contributed by atoms with Crippen molar-refractivity contribution in [2.45, 2.75) is 13.8 Å². The fourth-order valence-corrected chi connectivity index (χ4v) is 2.18. The van der Waals surface area contributed by atoms with Crippen LogP contribution in [0.5, 0.6) is 0 Å². The number of nitriles is 1. The maximum Gasteiger partial charge on any atom is 0.267 e. The molecule has 0 radical (unpaired) electrons. The zero-order valence-electron chi connectivity index (χ0n) is 13.6. The van der Waals surface area contributed by atoms with Crippen LogP contribution >= 0.6 is 0 Å². The third-order valence-electron chi connectivity index (χ3n) is 3.43. The lowest BCUT2D eigenvalue weighted by Gasteiger charge is -2.19. The van der Waals surface area contributed by atoms with Crippen LogP contribution in [0.4, 0.5) is 15.8 Å². The lowest BCUT2D eigenvalue weighted by atomic mass is 10.2. The molecule has 0 unspecified atom stereocenters. The van der Waals surface area contributed by atoms with Crippen LogP contribution in [0.2, 0.25) is 0 Å². The first-order chi connectivity index (χ1) is 11.5. The second-order valence-electron chi connectivity index (χ2n) is 5.24. The number of nitrogens with one attached hydrogen (secondary N) is 1. The molecule has 0 atom stereocenters. The molecule has 4 nitrogen and oxygen atoms in total. The van der Waals surface area contributed by atoms with Crippen LogP contribution in [0.3, 0.4) is 0 Å². The Kier molecular flexibility index (Phi) is 5.69. The Hall–Kier alpha value is -3.13. The Morgan fingerprint density at radius 2 is 2.00 bits per heavy atom. The van der Waals surface area contributed by atoms with Crippen LogP contribution < -0.4 is 10.2 Å². The quantitative estimate of drug-likeness (QED) is 0.668. The first-order valence-corrected chi connectivity index (χ1v) is 7.55. The van der Waals surface area contributed by atoms with Crippen molar-refractivity contribution in [2.24, 2.45) is 0 Å². The van der Waals surface area contributed by atoms with Gasteiger partial charge in [0.05, 0.1) is 0 Å². The molecule has 2 aromatic rings. The number of anilines is 2. The van der Waals surface area contributed by atoms with Gasteiger partial charge in [0.15, 0.2) is 0 Å². The summed E-state index contributed by atoms with van der Waals surface area (Å²) in [6.07, 6.45) is 1.52. The second-order valence-corrected chi connectivity index (χ2v) is 5.24. The topological polar surface area (TPSA) is 56.1 Å². The SMILES string of the molecule is CCN(/C=C(/C#N)C(=O)Nc1ccc(F)cc1)c1cccc(C)c1. The molecule has 0 fully saturated rings. The molecule has 0 heterocycles. The van der Waals surface area contributed by atoms with Crippen LogP contribution in [0.1, 0.15) is 12.5 Å². The molecule has 5 heteroatoms. The summed E-state index contributed by atoms with van der Waals surface area (Å²) in [5, 5.41) is 11.9. The van der Waals surface area contributed by atoms with E-state index in [1.807, 2.05) is 49.1 Å². The van der Waals surface area contributed by atoms with Gasteiger partial charge in [0, 0.05) is 24.1 Å². The van der Waals surface area contributed by atoms with Crippen molar-refractivity contribution >= 4 is 17.3 Å². The predicted octanol–water partition coefficient (Wildman–Crippen LogP) is 4.01. The van der Waals surface area contributed by atoms with Crippen molar-refractivity contribution in [3.05, 3.63) is 71.7 Å². The van der Waals surface area contributed by atoms with E-state index >= 15 is 0 Å². The molecular weight excluding hydrogens is 305 g/mol. The molecule has 122 valence electrons. The van der Waals surface area contributed by atoms with Gasteiger partial charge in [-0.1, -0.05) is 12.1 Å². The van der Waals surface area contributed by atoms with E-state index in [-0.39, 0.29) is 11.4 Å². The first-order valence-electron chi connectivity index (χ1n) is 7.55. The van der Waals surface area contributed by atoms with Gasteiger partial charge in [0.25, 0.3) is 5.91 Å². The number of halogens is 1. The van der Waals surface area contributed by atoms with Crippen LogP contribution in [0, 0.1) is 24.1 Å². The van der Waals surface area contributed by atoms with Crippen LogP contribution in [-0.2, 0) is 4.79 Å². The van der Waals surface area contributed by atoms with Crippen LogP contribution in [-0.4, -0.2) is 12.5 Å². The van der Waals surface area contributed by atoms with Gasteiger partial charge in [-0.2, -0.15) is 5.26 Å². The number of nitrogens with zero attached hydrogens (tertiary/aromatic N) is 2. The Bertz CT molecular complexity index is 791. The third kappa shape index (κ3) is 4.43. The zero-order valence-corrected chi connectivity index (χ0v) is 13.6. The van der Waals surface area contributed by atoms with E-state index in [4.69, 9.17) is 0 Å². The molecule has 1 amide bonds. The minimum atomic E-state index is -0.532. The highest BCUT2D eigenvalue weighted by atomic mass is 19.1. The zero-order chi connectivity index (χ0) is 17.5. The van der Waals surface area contributed by atoms with E-state index in [2.05, 4.69) is 5.32 Å². The number of aryl methyl sites for hydroxylation is 1. The van der Waals surface area contributed by atoms with Gasteiger partial charge in [0.2, 0.25) is 0 Å². The van der Waals surface area contributed by atoms with Crippen LogP contribution in [0.15, 0.2) is 60.3 Å². The number of carbonyl (C=O) groups excluding carboxylic acids is 1. The summed E-state index contributed by atoms with van der Waals surface area (Å²) in [4.78, 5) is 14.1. The maximum atomic E-state index is 12.9. The highest BCUT2D eigenvalue weighted by molar-refractivity contribution is 6.06. The molecule has 0 aliphatic rings. The normalized spacial score (nSPS) is 10.8. The first kappa shape index (κ1) is 17.2. The molecule has 2 rings (SSSR count). The van der Waals surface area contributed by atoms with E-state index in [1.165, 1.54) is 30.5 Å². The van der Waals surface area contributed by atoms with E-state index in [9.17, 15) is 14.4 Å². The average molecular weight is 323 g/mol. The molecule has 0 aliphatic carbocycles. The third-order valence-corrected chi connectivity index (χ3v) is 3.43. The molecular formula is C19H18FN3O. The fraction of sp³-hybridized carbons (Fsp3) is 0.158. The van der Waals surface area contributed by atoms with Gasteiger partial charge in [-0.25, -0.2) is 4.39 Å². The molecule has 1 N–H and O–H groups in total. The van der Waals surface area contributed by atoms with Crippen LogP contribution in [0.25, 0.3) is 0 Å². The summed E-state index contributed by atoms with van der Waals surface area (Å²) in [5.41, 5.74) is 2.40. The minimum absolute atomic E-state index is 0.0253. The van der Waals surface area contributed by atoms with Gasteiger partial charge in [0.1, 0.15) is 17.5 Å². The summed E-state index contributed by atoms with van der Waals surface area (Å²) in [7, 11) is 0. The summed E-state index contributed by atoms with van der Waals surface area (Å²) in [6, 6.07) is 15.1. The van der Waals surface area contributed by atoms with E-state index in [0.717, 1.165) is 11.3 Å². The Morgan fingerprint density at radius 3 is 2.58 bits per heavy atom. The van der Waals surface area contributed by atoms with Crippen molar-refractivity contribution < 1.29 is 9.18 Å². The highest BCUT2D eigenvalue weighted by Crippen LogP contribution is 2.17. The molecule has 0 bridgehead atoms. The number of amides is 1. The summed E-state index contributed by atoms with van der Waals surface area (Å²) in [5.74, 6) is -0.920. The fourth-order valence-electron chi connectivity index (χ4n) is 2.18. The Balaban J connectivity index is 2.21. The Labute approximate surface area is 140 Å². The monoisotopic (exact) mass is 323 g/mol. The number of hydrogen-bond donors (Lipinski definition) is 1. The van der Waals surface area contributed by atoms with Crippen molar-refractivity contribution in [3.8, 4) is 6.07 Å². The van der Waals surface area contributed by atoms with E-state index < -0.39 is 5.91 Å².